The average Bonchev–Trinajstić information content (AvgIpc) is 2.38. The SMILES string of the molecule is COc1cc(-c2nc(C)cc(C=O)n2)ncn1. The van der Waals surface area contributed by atoms with Crippen molar-refractivity contribution in [3.05, 3.63) is 29.8 Å². The van der Waals surface area contributed by atoms with E-state index >= 15 is 0 Å². The highest BCUT2D eigenvalue weighted by atomic mass is 16.5. The number of nitrogens with zero attached hydrogens (tertiary/aromatic N) is 4. The van der Waals surface area contributed by atoms with Crippen molar-refractivity contribution in [1.82, 2.24) is 19.9 Å². The van der Waals surface area contributed by atoms with E-state index in [1.165, 1.54) is 13.4 Å². The summed E-state index contributed by atoms with van der Waals surface area (Å²) in [4.78, 5) is 26.9. The number of hydrogen-bond donors (Lipinski definition) is 0. The summed E-state index contributed by atoms with van der Waals surface area (Å²) in [5, 5.41) is 0. The zero-order valence-electron chi connectivity index (χ0n) is 9.41. The van der Waals surface area contributed by atoms with Crippen LogP contribution in [0.5, 0.6) is 5.88 Å². The molecule has 0 aliphatic rings. The van der Waals surface area contributed by atoms with Crippen molar-refractivity contribution in [2.75, 3.05) is 7.11 Å². The Labute approximate surface area is 97.7 Å². The van der Waals surface area contributed by atoms with Gasteiger partial charge in [-0.15, -0.1) is 0 Å². The topological polar surface area (TPSA) is 77.9 Å². The molecule has 0 aliphatic heterocycles. The first-order chi connectivity index (χ1) is 8.22. The largest absolute Gasteiger partial charge is 0.481 e. The number of hydrogen-bond acceptors (Lipinski definition) is 6. The lowest BCUT2D eigenvalue weighted by Gasteiger charge is -2.03. The molecule has 6 heteroatoms. The molecule has 0 aromatic carbocycles. The molecular weight excluding hydrogens is 220 g/mol. The first-order valence-electron chi connectivity index (χ1n) is 4.90. The number of aromatic nitrogens is 4. The zero-order chi connectivity index (χ0) is 12.3. The van der Waals surface area contributed by atoms with Gasteiger partial charge in [0, 0.05) is 11.8 Å². The summed E-state index contributed by atoms with van der Waals surface area (Å²) >= 11 is 0. The predicted molar refractivity (Wildman–Crippen MR) is 59.7 cm³/mol. The molecule has 2 aromatic rings. The standard InChI is InChI=1S/C11H10N4O2/c1-7-3-8(5-16)15-11(14-7)9-4-10(17-2)13-6-12-9/h3-6H,1-2H3. The van der Waals surface area contributed by atoms with Gasteiger partial charge < -0.3 is 4.74 Å². The third-order valence-corrected chi connectivity index (χ3v) is 2.07. The van der Waals surface area contributed by atoms with Crippen LogP contribution in [0, 0.1) is 6.92 Å². The number of methoxy groups -OCH3 is 1. The minimum absolute atomic E-state index is 0.324. The van der Waals surface area contributed by atoms with Crippen LogP contribution in [0.15, 0.2) is 18.5 Å². The highest BCUT2D eigenvalue weighted by Gasteiger charge is 2.07. The van der Waals surface area contributed by atoms with Crippen molar-refractivity contribution in [1.29, 1.82) is 0 Å². The van der Waals surface area contributed by atoms with Gasteiger partial charge in [-0.05, 0) is 13.0 Å². The Morgan fingerprint density at radius 1 is 1.24 bits per heavy atom. The van der Waals surface area contributed by atoms with Crippen molar-refractivity contribution in [2.24, 2.45) is 0 Å². The highest BCUT2D eigenvalue weighted by molar-refractivity contribution is 5.73. The van der Waals surface area contributed by atoms with Gasteiger partial charge in [-0.3, -0.25) is 4.79 Å². The molecule has 0 unspecified atom stereocenters. The highest BCUT2D eigenvalue weighted by Crippen LogP contribution is 2.16. The molecule has 0 saturated carbocycles. The average molecular weight is 230 g/mol. The molecule has 0 N–H and O–H groups in total. The van der Waals surface area contributed by atoms with Crippen LogP contribution in [-0.2, 0) is 0 Å². The maximum atomic E-state index is 10.7. The number of aldehydes is 1. The molecule has 2 aromatic heterocycles. The summed E-state index contributed by atoms with van der Waals surface area (Å²) < 4.78 is 4.99. The van der Waals surface area contributed by atoms with Crippen LogP contribution in [0.1, 0.15) is 16.2 Å². The Morgan fingerprint density at radius 2 is 2.06 bits per heavy atom. The molecule has 2 rings (SSSR count). The van der Waals surface area contributed by atoms with Gasteiger partial charge in [0.2, 0.25) is 5.88 Å². The van der Waals surface area contributed by atoms with E-state index in [0.29, 0.717) is 35.1 Å². The lowest BCUT2D eigenvalue weighted by molar-refractivity contribution is 0.111. The Hall–Kier alpha value is -2.37. The van der Waals surface area contributed by atoms with Crippen molar-refractivity contribution in [2.45, 2.75) is 6.92 Å². The lowest BCUT2D eigenvalue weighted by atomic mass is 10.3. The van der Waals surface area contributed by atoms with Gasteiger partial charge in [-0.1, -0.05) is 0 Å². The summed E-state index contributed by atoms with van der Waals surface area (Å²) in [7, 11) is 1.51. The first kappa shape index (κ1) is 11.1. The van der Waals surface area contributed by atoms with E-state index in [9.17, 15) is 4.79 Å². The zero-order valence-corrected chi connectivity index (χ0v) is 9.41. The molecule has 6 nitrogen and oxygen atoms in total. The second-order valence-corrected chi connectivity index (χ2v) is 3.32. The van der Waals surface area contributed by atoms with E-state index < -0.39 is 0 Å². The van der Waals surface area contributed by atoms with Crippen molar-refractivity contribution in [3.8, 4) is 17.4 Å². The van der Waals surface area contributed by atoms with E-state index in [4.69, 9.17) is 4.74 Å². The number of ether oxygens (including phenoxy) is 1. The van der Waals surface area contributed by atoms with Gasteiger partial charge >= 0.3 is 0 Å². The molecule has 0 saturated heterocycles. The normalized spacial score (nSPS) is 10.0. The fraction of sp³-hybridized carbons (Fsp3) is 0.182. The van der Waals surface area contributed by atoms with E-state index in [1.54, 1.807) is 19.1 Å². The first-order valence-corrected chi connectivity index (χ1v) is 4.90. The summed E-state index contributed by atoms with van der Waals surface area (Å²) in [6, 6.07) is 3.22. The fourth-order valence-corrected chi connectivity index (χ4v) is 1.34. The van der Waals surface area contributed by atoms with Gasteiger partial charge in [0.15, 0.2) is 12.1 Å². The molecule has 0 fully saturated rings. The van der Waals surface area contributed by atoms with E-state index in [1.807, 2.05) is 0 Å². The number of carbonyl (C=O) groups is 1. The molecular formula is C11H10N4O2. The molecule has 0 aliphatic carbocycles. The molecule has 0 atom stereocenters. The van der Waals surface area contributed by atoms with Crippen LogP contribution < -0.4 is 4.74 Å². The number of aryl methyl sites for hydroxylation is 1. The third-order valence-electron chi connectivity index (χ3n) is 2.07. The minimum Gasteiger partial charge on any atom is -0.481 e. The minimum atomic E-state index is 0.324. The third kappa shape index (κ3) is 2.41. The summed E-state index contributed by atoms with van der Waals surface area (Å²) in [6.07, 6.45) is 2.04. The summed E-state index contributed by atoms with van der Waals surface area (Å²) in [5.41, 5.74) is 1.54. The van der Waals surface area contributed by atoms with Gasteiger partial charge in [0.05, 0.1) is 7.11 Å². The number of rotatable bonds is 3. The van der Waals surface area contributed by atoms with Gasteiger partial charge in [0.25, 0.3) is 0 Å². The molecule has 0 spiro atoms. The predicted octanol–water partition coefficient (Wildman–Crippen LogP) is 1.06. The lowest BCUT2D eigenvalue weighted by Crippen LogP contribution is -1.99. The molecule has 2 heterocycles. The maximum absolute atomic E-state index is 10.7. The van der Waals surface area contributed by atoms with E-state index in [2.05, 4.69) is 19.9 Å². The van der Waals surface area contributed by atoms with Crippen molar-refractivity contribution >= 4 is 6.29 Å². The molecule has 86 valence electrons. The molecule has 0 bridgehead atoms. The molecule has 0 amide bonds. The van der Waals surface area contributed by atoms with Gasteiger partial charge in [-0.25, -0.2) is 19.9 Å². The van der Waals surface area contributed by atoms with Crippen molar-refractivity contribution < 1.29 is 9.53 Å². The Balaban J connectivity index is 2.51. The summed E-state index contributed by atoms with van der Waals surface area (Å²) in [6.45, 7) is 1.79. The maximum Gasteiger partial charge on any atom is 0.216 e. The molecule has 0 radical (unpaired) electrons. The van der Waals surface area contributed by atoms with Crippen LogP contribution in [0.25, 0.3) is 11.5 Å². The van der Waals surface area contributed by atoms with Gasteiger partial charge in [0.1, 0.15) is 17.7 Å². The van der Waals surface area contributed by atoms with Gasteiger partial charge in [-0.2, -0.15) is 0 Å². The number of carbonyl (C=O) groups excluding carboxylic acids is 1. The van der Waals surface area contributed by atoms with E-state index in [0.717, 1.165) is 0 Å². The second-order valence-electron chi connectivity index (χ2n) is 3.32. The Bertz CT molecular complexity index is 557. The summed E-state index contributed by atoms with van der Waals surface area (Å²) in [5.74, 6) is 0.806. The Morgan fingerprint density at radius 3 is 2.76 bits per heavy atom. The second kappa shape index (κ2) is 4.65. The van der Waals surface area contributed by atoms with Crippen molar-refractivity contribution in [3.63, 3.8) is 0 Å². The van der Waals surface area contributed by atoms with Crippen LogP contribution in [0.3, 0.4) is 0 Å². The Kier molecular flexibility index (Phi) is 3.04. The van der Waals surface area contributed by atoms with Crippen LogP contribution in [0.2, 0.25) is 0 Å². The van der Waals surface area contributed by atoms with Crippen LogP contribution in [-0.4, -0.2) is 33.3 Å². The fourth-order valence-electron chi connectivity index (χ4n) is 1.34. The van der Waals surface area contributed by atoms with Crippen LogP contribution >= 0.6 is 0 Å². The van der Waals surface area contributed by atoms with Crippen LogP contribution in [0.4, 0.5) is 0 Å². The smallest absolute Gasteiger partial charge is 0.216 e. The molecule has 17 heavy (non-hydrogen) atoms. The van der Waals surface area contributed by atoms with E-state index in [-0.39, 0.29) is 0 Å². The quantitative estimate of drug-likeness (QED) is 0.734. The monoisotopic (exact) mass is 230 g/mol.